The van der Waals surface area contributed by atoms with Crippen molar-refractivity contribution in [2.45, 2.75) is 39.2 Å². The molecule has 0 bridgehead atoms. The summed E-state index contributed by atoms with van der Waals surface area (Å²) in [6.07, 6.45) is 3.45. The minimum Gasteiger partial charge on any atom is -0.339 e. The molecule has 0 aromatic carbocycles. The fourth-order valence-corrected chi connectivity index (χ4v) is 2.51. The van der Waals surface area contributed by atoms with Gasteiger partial charge in [0.05, 0.1) is 0 Å². The number of carbonyl (C=O) groups excluding carboxylic acids is 2. The number of rotatable bonds is 2. The highest BCUT2D eigenvalue weighted by molar-refractivity contribution is 5.83. The van der Waals surface area contributed by atoms with Crippen LogP contribution in [0.5, 0.6) is 0 Å². The predicted molar refractivity (Wildman–Crippen MR) is 67.8 cm³/mol. The Labute approximate surface area is 104 Å². The molecule has 2 saturated heterocycles. The van der Waals surface area contributed by atoms with E-state index in [0.717, 1.165) is 32.2 Å². The van der Waals surface area contributed by atoms with Gasteiger partial charge in [0, 0.05) is 24.9 Å². The lowest BCUT2D eigenvalue weighted by Gasteiger charge is -2.35. The van der Waals surface area contributed by atoms with Crippen molar-refractivity contribution in [2.24, 2.45) is 5.92 Å². The van der Waals surface area contributed by atoms with E-state index < -0.39 is 0 Å². The second-order valence-electron chi connectivity index (χ2n) is 4.68. The molecule has 0 spiro atoms. The van der Waals surface area contributed by atoms with E-state index in [2.05, 4.69) is 11.9 Å². The summed E-state index contributed by atoms with van der Waals surface area (Å²) in [6.45, 7) is 6.76. The molecule has 0 N–H and O–H groups in total. The van der Waals surface area contributed by atoms with Crippen molar-refractivity contribution in [3.05, 3.63) is 0 Å². The molecule has 17 heavy (non-hydrogen) atoms. The lowest BCUT2D eigenvalue weighted by Crippen LogP contribution is -2.44. The topological polar surface area (TPSA) is 40.6 Å². The van der Waals surface area contributed by atoms with Gasteiger partial charge in [0.2, 0.25) is 5.91 Å². The van der Waals surface area contributed by atoms with Crippen LogP contribution in [0.1, 0.15) is 33.1 Å². The van der Waals surface area contributed by atoms with Crippen LogP contribution < -0.4 is 0 Å². The molecule has 2 aliphatic heterocycles. The molecule has 1 amide bonds. The molecule has 1 unspecified atom stereocenters. The second-order valence-corrected chi connectivity index (χ2v) is 4.68. The van der Waals surface area contributed by atoms with E-state index in [1.54, 1.807) is 0 Å². The van der Waals surface area contributed by atoms with Gasteiger partial charge in [0.25, 0.3) is 0 Å². The highest BCUT2D eigenvalue weighted by atomic mass is 16.2. The zero-order valence-electron chi connectivity index (χ0n) is 11.2. The van der Waals surface area contributed by atoms with Gasteiger partial charge < -0.3 is 14.6 Å². The first-order chi connectivity index (χ1) is 8.20. The summed E-state index contributed by atoms with van der Waals surface area (Å²) in [6, 6.07) is 0.374. The van der Waals surface area contributed by atoms with Gasteiger partial charge in [-0.1, -0.05) is 13.8 Å². The van der Waals surface area contributed by atoms with Crippen LogP contribution >= 0.6 is 0 Å². The van der Waals surface area contributed by atoms with Crippen LogP contribution in [0.2, 0.25) is 0 Å². The van der Waals surface area contributed by atoms with E-state index in [1.807, 2.05) is 18.7 Å². The Balaban J connectivity index is 0.000000686. The van der Waals surface area contributed by atoms with E-state index in [9.17, 15) is 9.59 Å². The average Bonchev–Trinajstić information content (AvgIpc) is 2.74. The summed E-state index contributed by atoms with van der Waals surface area (Å²) < 4.78 is 0. The van der Waals surface area contributed by atoms with Crippen LogP contribution in [0.3, 0.4) is 0 Å². The predicted octanol–water partition coefficient (Wildman–Crippen LogP) is 1.15. The van der Waals surface area contributed by atoms with Crippen LogP contribution in [0, 0.1) is 5.92 Å². The minimum absolute atomic E-state index is 0.0582. The van der Waals surface area contributed by atoms with Crippen molar-refractivity contribution >= 4 is 12.2 Å². The van der Waals surface area contributed by atoms with Gasteiger partial charge >= 0.3 is 0 Å². The Hall–Kier alpha value is -0.900. The van der Waals surface area contributed by atoms with E-state index in [4.69, 9.17) is 0 Å². The Morgan fingerprint density at radius 2 is 1.82 bits per heavy atom. The maximum Gasteiger partial charge on any atom is 0.223 e. The Morgan fingerprint density at radius 1 is 1.24 bits per heavy atom. The number of aldehydes is 1. The maximum absolute atomic E-state index is 11.7. The number of likely N-dealkylation sites (tertiary alicyclic amines) is 2. The monoisotopic (exact) mass is 240 g/mol. The zero-order chi connectivity index (χ0) is 12.8. The van der Waals surface area contributed by atoms with Crippen LogP contribution in [0.15, 0.2) is 0 Å². The lowest BCUT2D eigenvalue weighted by molar-refractivity contribution is -0.130. The van der Waals surface area contributed by atoms with Crippen LogP contribution in [-0.2, 0) is 9.59 Å². The van der Waals surface area contributed by atoms with Crippen molar-refractivity contribution < 1.29 is 9.59 Å². The zero-order valence-corrected chi connectivity index (χ0v) is 11.2. The molecule has 2 rings (SSSR count). The standard InChI is InChI=1S/C11H18N2O2.C2H6/c1-12-4-2-10(3-5-12)13-7-9(8-14)6-11(13)15;1-2/h8-10H,2-7H2,1H3;1-2H3. The highest BCUT2D eigenvalue weighted by Gasteiger charge is 2.34. The number of hydrogen-bond acceptors (Lipinski definition) is 3. The molecular weight excluding hydrogens is 216 g/mol. The molecule has 0 saturated carbocycles. The Morgan fingerprint density at radius 3 is 2.29 bits per heavy atom. The summed E-state index contributed by atoms with van der Waals surface area (Å²) >= 11 is 0. The van der Waals surface area contributed by atoms with Gasteiger partial charge in [-0.2, -0.15) is 0 Å². The van der Waals surface area contributed by atoms with Crippen molar-refractivity contribution in [2.75, 3.05) is 26.7 Å². The van der Waals surface area contributed by atoms with Crippen LogP contribution in [0.25, 0.3) is 0 Å². The normalized spacial score (nSPS) is 26.6. The maximum atomic E-state index is 11.7. The largest absolute Gasteiger partial charge is 0.339 e. The smallest absolute Gasteiger partial charge is 0.223 e. The molecule has 2 aliphatic rings. The molecule has 0 aromatic rings. The first kappa shape index (κ1) is 14.2. The fourth-order valence-electron chi connectivity index (χ4n) is 2.51. The fraction of sp³-hybridized carbons (Fsp3) is 0.846. The number of carbonyl (C=O) groups is 2. The molecule has 0 aromatic heterocycles. The lowest BCUT2D eigenvalue weighted by atomic mass is 10.0. The van der Waals surface area contributed by atoms with Crippen molar-refractivity contribution in [1.82, 2.24) is 9.80 Å². The van der Waals surface area contributed by atoms with E-state index in [1.165, 1.54) is 0 Å². The van der Waals surface area contributed by atoms with Gasteiger partial charge in [0.1, 0.15) is 6.29 Å². The molecule has 2 fully saturated rings. The molecule has 4 nitrogen and oxygen atoms in total. The summed E-state index contributed by atoms with van der Waals surface area (Å²) in [5, 5.41) is 0. The molecule has 0 radical (unpaired) electrons. The number of piperidine rings is 1. The third-order valence-electron chi connectivity index (χ3n) is 3.51. The molecule has 98 valence electrons. The SMILES string of the molecule is CC.CN1CCC(N2CC(C=O)CC2=O)CC1. The first-order valence-corrected chi connectivity index (χ1v) is 6.64. The van der Waals surface area contributed by atoms with Gasteiger partial charge in [-0.25, -0.2) is 0 Å². The first-order valence-electron chi connectivity index (χ1n) is 6.64. The van der Waals surface area contributed by atoms with E-state index >= 15 is 0 Å². The van der Waals surface area contributed by atoms with Crippen molar-refractivity contribution in [3.8, 4) is 0 Å². The van der Waals surface area contributed by atoms with Crippen LogP contribution in [0.4, 0.5) is 0 Å². The van der Waals surface area contributed by atoms with E-state index in [-0.39, 0.29) is 11.8 Å². The van der Waals surface area contributed by atoms with Gasteiger partial charge in [0.15, 0.2) is 0 Å². The summed E-state index contributed by atoms with van der Waals surface area (Å²) in [5.41, 5.74) is 0. The second kappa shape index (κ2) is 6.74. The summed E-state index contributed by atoms with van der Waals surface area (Å²) in [4.78, 5) is 26.5. The number of amides is 1. The summed E-state index contributed by atoms with van der Waals surface area (Å²) in [7, 11) is 2.11. The van der Waals surface area contributed by atoms with Gasteiger partial charge in [-0.15, -0.1) is 0 Å². The van der Waals surface area contributed by atoms with Crippen LogP contribution in [-0.4, -0.2) is 54.7 Å². The molecule has 2 heterocycles. The number of hydrogen-bond donors (Lipinski definition) is 0. The van der Waals surface area contributed by atoms with Gasteiger partial charge in [-0.3, -0.25) is 4.79 Å². The third kappa shape index (κ3) is 3.53. The third-order valence-corrected chi connectivity index (χ3v) is 3.51. The van der Waals surface area contributed by atoms with E-state index in [0.29, 0.717) is 19.0 Å². The highest BCUT2D eigenvalue weighted by Crippen LogP contribution is 2.23. The Bertz CT molecular complexity index is 260. The number of nitrogens with zero attached hydrogens (tertiary/aromatic N) is 2. The minimum atomic E-state index is -0.0582. The summed E-state index contributed by atoms with van der Waals surface area (Å²) in [5.74, 6) is 0.110. The van der Waals surface area contributed by atoms with Gasteiger partial charge in [-0.05, 0) is 33.0 Å². The quantitative estimate of drug-likeness (QED) is 0.680. The Kier molecular flexibility index (Phi) is 5.62. The molecule has 0 aliphatic carbocycles. The average molecular weight is 240 g/mol. The van der Waals surface area contributed by atoms with Crippen molar-refractivity contribution in [1.29, 1.82) is 0 Å². The molecule has 1 atom stereocenters. The molecular formula is C13H24N2O2. The van der Waals surface area contributed by atoms with Crippen molar-refractivity contribution in [3.63, 3.8) is 0 Å². The molecule has 4 heteroatoms.